The Morgan fingerprint density at radius 3 is 2.97 bits per heavy atom. The molecule has 1 saturated carbocycles. The molecule has 29 heavy (non-hydrogen) atoms. The molecule has 7 nitrogen and oxygen atoms in total. The van der Waals surface area contributed by atoms with E-state index in [1.807, 2.05) is 24.7 Å². The third-order valence-electron chi connectivity index (χ3n) is 6.86. The zero-order valence-electron chi connectivity index (χ0n) is 16.8. The first-order valence-corrected chi connectivity index (χ1v) is 11.0. The molecule has 2 aliphatic heterocycles. The highest BCUT2D eigenvalue weighted by Gasteiger charge is 2.43. The molecule has 2 aromatic heterocycles. The molecule has 0 bridgehead atoms. The Morgan fingerprint density at radius 2 is 2.07 bits per heavy atom. The zero-order chi connectivity index (χ0) is 19.6. The highest BCUT2D eigenvalue weighted by Crippen LogP contribution is 2.32. The molecule has 0 radical (unpaired) electrons. The smallest absolute Gasteiger partial charge is 0.241 e. The number of nitrogens with zero attached hydrogens (tertiary/aromatic N) is 4. The van der Waals surface area contributed by atoms with Crippen LogP contribution in [0.25, 0.3) is 0 Å². The number of rotatable bonds is 4. The van der Waals surface area contributed by atoms with Crippen LogP contribution in [0.2, 0.25) is 0 Å². The molecule has 0 spiro atoms. The second kappa shape index (κ2) is 8.24. The summed E-state index contributed by atoms with van der Waals surface area (Å²) in [6.45, 7) is 2.39. The van der Waals surface area contributed by atoms with Gasteiger partial charge >= 0.3 is 0 Å². The highest BCUT2D eigenvalue weighted by atomic mass is 16.2. The maximum Gasteiger partial charge on any atom is 0.241 e. The van der Waals surface area contributed by atoms with Crippen molar-refractivity contribution in [3.63, 3.8) is 0 Å². The number of carbonyl (C=O) groups excluding carboxylic acids is 1. The fraction of sp³-hybridized carbons (Fsp3) is 0.591. The average Bonchev–Trinajstić information content (AvgIpc) is 3.41. The van der Waals surface area contributed by atoms with Gasteiger partial charge in [0.1, 0.15) is 11.9 Å². The van der Waals surface area contributed by atoms with E-state index in [9.17, 15) is 4.79 Å². The number of carbonyl (C=O) groups is 1. The lowest BCUT2D eigenvalue weighted by molar-refractivity contribution is -0.135. The summed E-state index contributed by atoms with van der Waals surface area (Å²) >= 11 is 0. The lowest BCUT2D eigenvalue weighted by Crippen LogP contribution is -2.50. The first-order chi connectivity index (χ1) is 14.3. The normalized spacial score (nSPS) is 29.6. The predicted octanol–water partition coefficient (Wildman–Crippen LogP) is 2.07. The summed E-state index contributed by atoms with van der Waals surface area (Å²) < 4.78 is 2.21. The van der Waals surface area contributed by atoms with Crippen LogP contribution in [-0.2, 0) is 11.3 Å². The molecule has 154 valence electrons. The first kappa shape index (κ1) is 18.8. The minimum absolute atomic E-state index is 0.0748. The molecule has 0 aromatic carbocycles. The summed E-state index contributed by atoms with van der Waals surface area (Å²) in [5.74, 6) is 2.07. The van der Waals surface area contributed by atoms with Gasteiger partial charge < -0.3 is 9.47 Å². The molecule has 1 amide bonds. The van der Waals surface area contributed by atoms with E-state index in [2.05, 4.69) is 36.4 Å². The number of aromatic nitrogens is 3. The van der Waals surface area contributed by atoms with E-state index >= 15 is 0 Å². The molecule has 2 saturated heterocycles. The molecule has 3 aliphatic rings. The van der Waals surface area contributed by atoms with Crippen molar-refractivity contribution < 1.29 is 4.79 Å². The first-order valence-electron chi connectivity index (χ1n) is 11.0. The van der Waals surface area contributed by atoms with E-state index in [1.165, 1.54) is 24.8 Å². The fourth-order valence-electron chi connectivity index (χ4n) is 5.37. The molecule has 4 heterocycles. The van der Waals surface area contributed by atoms with Gasteiger partial charge in [0.25, 0.3) is 0 Å². The zero-order valence-corrected chi connectivity index (χ0v) is 16.8. The van der Waals surface area contributed by atoms with E-state index in [1.54, 1.807) is 6.20 Å². The van der Waals surface area contributed by atoms with Crippen molar-refractivity contribution in [2.24, 2.45) is 5.92 Å². The maximum absolute atomic E-state index is 13.3. The van der Waals surface area contributed by atoms with Gasteiger partial charge in [0.2, 0.25) is 5.91 Å². The van der Waals surface area contributed by atoms with Crippen molar-refractivity contribution in [1.29, 1.82) is 0 Å². The van der Waals surface area contributed by atoms with Gasteiger partial charge in [-0.1, -0.05) is 18.9 Å². The molecule has 4 unspecified atom stereocenters. The monoisotopic (exact) mass is 394 g/mol. The van der Waals surface area contributed by atoms with Crippen LogP contribution in [0.15, 0.2) is 36.9 Å². The van der Waals surface area contributed by atoms with Gasteiger partial charge in [0, 0.05) is 55.8 Å². The van der Waals surface area contributed by atoms with Crippen molar-refractivity contribution in [3.8, 4) is 0 Å². The number of likely N-dealkylation sites (tertiary alicyclic amines) is 1. The molecule has 5 rings (SSSR count). The van der Waals surface area contributed by atoms with Crippen LogP contribution in [0.1, 0.15) is 55.8 Å². The van der Waals surface area contributed by atoms with Crippen LogP contribution >= 0.6 is 0 Å². The van der Waals surface area contributed by atoms with Crippen molar-refractivity contribution in [1.82, 2.24) is 30.3 Å². The number of nitrogens with one attached hydrogen (secondary N) is 2. The van der Waals surface area contributed by atoms with Gasteiger partial charge in [-0.15, -0.1) is 0 Å². The van der Waals surface area contributed by atoms with E-state index in [-0.39, 0.29) is 17.9 Å². The number of pyridine rings is 1. The Kier molecular flexibility index (Phi) is 5.33. The van der Waals surface area contributed by atoms with Gasteiger partial charge in [-0.25, -0.2) is 10.4 Å². The van der Waals surface area contributed by atoms with Crippen LogP contribution < -0.4 is 10.9 Å². The van der Waals surface area contributed by atoms with Gasteiger partial charge in [0.05, 0.1) is 6.54 Å². The molecule has 7 heteroatoms. The Balaban J connectivity index is 1.28. The minimum Gasteiger partial charge on any atom is -0.341 e. The van der Waals surface area contributed by atoms with Gasteiger partial charge in [0.15, 0.2) is 0 Å². The largest absolute Gasteiger partial charge is 0.341 e. The van der Waals surface area contributed by atoms with Crippen LogP contribution in [0.5, 0.6) is 0 Å². The Labute approximate surface area is 171 Å². The Bertz CT molecular complexity index is 837. The van der Waals surface area contributed by atoms with E-state index < -0.39 is 0 Å². The predicted molar refractivity (Wildman–Crippen MR) is 110 cm³/mol. The van der Waals surface area contributed by atoms with Crippen molar-refractivity contribution in [3.05, 3.63) is 48.3 Å². The van der Waals surface area contributed by atoms with E-state index in [4.69, 9.17) is 0 Å². The van der Waals surface area contributed by atoms with Crippen LogP contribution in [0.4, 0.5) is 0 Å². The average molecular weight is 395 g/mol. The van der Waals surface area contributed by atoms with E-state index in [0.29, 0.717) is 12.0 Å². The van der Waals surface area contributed by atoms with Crippen molar-refractivity contribution >= 4 is 5.91 Å². The number of imidazole rings is 1. The van der Waals surface area contributed by atoms with Gasteiger partial charge in [-0.2, -0.15) is 0 Å². The standard InChI is InChI=1S/C22H30N6O/c29-22(20-18-7-1-2-8-19(18)25-26-20)28-11-4-6-17(15-28)21-24-10-12-27(21)14-16-5-3-9-23-13-16/h3,5,9-10,12-13,17-20,25-26H,1-2,4,6-8,11,14-15H2. The van der Waals surface area contributed by atoms with E-state index in [0.717, 1.165) is 44.7 Å². The molecule has 4 atom stereocenters. The molecular weight excluding hydrogens is 364 g/mol. The summed E-state index contributed by atoms with van der Waals surface area (Å²) in [4.78, 5) is 24.3. The molecule has 2 aromatic rings. The van der Waals surface area contributed by atoms with Crippen LogP contribution in [0, 0.1) is 5.92 Å². The molecule has 1 aliphatic carbocycles. The SMILES string of the molecule is O=C(C1NNC2CCCCC21)N1CCCC(c2nccn2Cc2cccnc2)C1. The highest BCUT2D eigenvalue weighted by molar-refractivity contribution is 5.83. The number of amides is 1. The second-order valence-corrected chi connectivity index (χ2v) is 8.72. The summed E-state index contributed by atoms with van der Waals surface area (Å²) in [6, 6.07) is 4.44. The topological polar surface area (TPSA) is 75.1 Å². The number of hydrogen-bond acceptors (Lipinski definition) is 5. The molecular formula is C22H30N6O. The summed E-state index contributed by atoms with van der Waals surface area (Å²) in [5.41, 5.74) is 7.87. The molecule has 2 N–H and O–H groups in total. The quantitative estimate of drug-likeness (QED) is 0.830. The Hall–Kier alpha value is -2.25. The van der Waals surface area contributed by atoms with Crippen molar-refractivity contribution in [2.75, 3.05) is 13.1 Å². The number of piperidine rings is 1. The third-order valence-corrected chi connectivity index (χ3v) is 6.86. The summed E-state index contributed by atoms with van der Waals surface area (Å²) in [5, 5.41) is 0. The summed E-state index contributed by atoms with van der Waals surface area (Å²) in [6.07, 6.45) is 14.6. The Morgan fingerprint density at radius 1 is 1.14 bits per heavy atom. The summed E-state index contributed by atoms with van der Waals surface area (Å²) in [7, 11) is 0. The van der Waals surface area contributed by atoms with Gasteiger partial charge in [-0.05, 0) is 37.3 Å². The number of hydrogen-bond donors (Lipinski definition) is 2. The maximum atomic E-state index is 13.3. The van der Waals surface area contributed by atoms with Gasteiger partial charge in [-0.3, -0.25) is 15.2 Å². The van der Waals surface area contributed by atoms with Crippen molar-refractivity contribution in [2.45, 2.75) is 63.1 Å². The van der Waals surface area contributed by atoms with Crippen LogP contribution in [-0.4, -0.2) is 50.5 Å². The molecule has 3 fully saturated rings. The lowest BCUT2D eigenvalue weighted by atomic mass is 9.81. The lowest BCUT2D eigenvalue weighted by Gasteiger charge is -2.36. The van der Waals surface area contributed by atoms with Crippen LogP contribution in [0.3, 0.4) is 0 Å². The second-order valence-electron chi connectivity index (χ2n) is 8.72. The minimum atomic E-state index is -0.0748. The third kappa shape index (κ3) is 3.81. The number of fused-ring (bicyclic) bond motifs is 1. The number of hydrazine groups is 1. The fourth-order valence-corrected chi connectivity index (χ4v) is 5.37.